The summed E-state index contributed by atoms with van der Waals surface area (Å²) in [6.45, 7) is 7.96. The summed E-state index contributed by atoms with van der Waals surface area (Å²) in [6, 6.07) is 4.96. The standard InChI is InChI=1S/C19H30F3N3O/c1-18(26,16-6-4-7-17(14-16)19(20,21)22)15-24(3)8-5-9-25-12-10-23(2)11-13-25/h4,6-7,14,26H,5,8-13,15H2,1-3H3/t18-/m0/s1. The van der Waals surface area contributed by atoms with E-state index in [1.54, 1.807) is 13.0 Å². The van der Waals surface area contributed by atoms with Crippen LogP contribution in [0.3, 0.4) is 0 Å². The molecule has 1 aliphatic heterocycles. The molecule has 0 radical (unpaired) electrons. The zero-order valence-corrected chi connectivity index (χ0v) is 15.9. The van der Waals surface area contributed by atoms with Crippen LogP contribution in [-0.2, 0) is 11.8 Å². The Morgan fingerprint density at radius 2 is 1.73 bits per heavy atom. The summed E-state index contributed by atoms with van der Waals surface area (Å²) in [5.74, 6) is 0. The lowest BCUT2D eigenvalue weighted by Gasteiger charge is -2.33. The number of piperazine rings is 1. The largest absolute Gasteiger partial charge is 0.416 e. The van der Waals surface area contributed by atoms with Crippen LogP contribution in [0.25, 0.3) is 0 Å². The summed E-state index contributed by atoms with van der Waals surface area (Å²) in [7, 11) is 4.02. The summed E-state index contributed by atoms with van der Waals surface area (Å²) in [4.78, 5) is 6.73. The first-order valence-corrected chi connectivity index (χ1v) is 9.07. The Morgan fingerprint density at radius 3 is 2.35 bits per heavy atom. The Hall–Kier alpha value is -1.15. The fraction of sp³-hybridized carbons (Fsp3) is 0.684. The van der Waals surface area contributed by atoms with Crippen molar-refractivity contribution in [1.82, 2.24) is 14.7 Å². The summed E-state index contributed by atoms with van der Waals surface area (Å²) in [5, 5.41) is 10.7. The molecule has 1 heterocycles. The van der Waals surface area contributed by atoms with Crippen molar-refractivity contribution < 1.29 is 18.3 Å². The Morgan fingerprint density at radius 1 is 1.12 bits per heavy atom. The van der Waals surface area contributed by atoms with Crippen LogP contribution in [0.5, 0.6) is 0 Å². The number of hydrogen-bond donors (Lipinski definition) is 1. The second-order valence-electron chi connectivity index (χ2n) is 7.59. The van der Waals surface area contributed by atoms with Gasteiger partial charge < -0.3 is 19.8 Å². The number of likely N-dealkylation sites (N-methyl/N-ethyl adjacent to an activating group) is 2. The van der Waals surface area contributed by atoms with Gasteiger partial charge in [0.15, 0.2) is 0 Å². The first-order valence-electron chi connectivity index (χ1n) is 9.07. The summed E-state index contributed by atoms with van der Waals surface area (Å²) >= 11 is 0. The molecule has 148 valence electrons. The molecule has 26 heavy (non-hydrogen) atoms. The maximum Gasteiger partial charge on any atom is 0.416 e. The highest BCUT2D eigenvalue weighted by Gasteiger charge is 2.33. The van der Waals surface area contributed by atoms with Gasteiger partial charge in [-0.1, -0.05) is 12.1 Å². The molecule has 4 nitrogen and oxygen atoms in total. The van der Waals surface area contributed by atoms with Gasteiger partial charge in [-0.3, -0.25) is 0 Å². The van der Waals surface area contributed by atoms with Gasteiger partial charge in [-0.2, -0.15) is 13.2 Å². The minimum Gasteiger partial charge on any atom is -0.384 e. The molecule has 0 aromatic heterocycles. The van der Waals surface area contributed by atoms with Crippen LogP contribution in [0.1, 0.15) is 24.5 Å². The van der Waals surface area contributed by atoms with Gasteiger partial charge in [-0.15, -0.1) is 0 Å². The third-order valence-corrected chi connectivity index (χ3v) is 5.00. The van der Waals surface area contributed by atoms with Gasteiger partial charge in [0.2, 0.25) is 0 Å². The van der Waals surface area contributed by atoms with Crippen LogP contribution in [0.15, 0.2) is 24.3 Å². The lowest BCUT2D eigenvalue weighted by Crippen LogP contribution is -2.45. The monoisotopic (exact) mass is 373 g/mol. The second-order valence-corrected chi connectivity index (χ2v) is 7.59. The van der Waals surface area contributed by atoms with E-state index >= 15 is 0 Å². The second kappa shape index (κ2) is 8.69. The number of rotatable bonds is 7. The molecule has 1 fully saturated rings. The van der Waals surface area contributed by atoms with Crippen molar-refractivity contribution in [2.45, 2.75) is 25.1 Å². The predicted octanol–water partition coefficient (Wildman–Crippen LogP) is 2.48. The van der Waals surface area contributed by atoms with Crippen molar-refractivity contribution in [3.8, 4) is 0 Å². The van der Waals surface area contributed by atoms with Gasteiger partial charge in [0.05, 0.1) is 11.2 Å². The molecule has 1 aromatic carbocycles. The Labute approximate surface area is 154 Å². The van der Waals surface area contributed by atoms with E-state index in [-0.39, 0.29) is 6.54 Å². The van der Waals surface area contributed by atoms with E-state index in [1.807, 2.05) is 11.9 Å². The zero-order valence-electron chi connectivity index (χ0n) is 15.9. The molecule has 7 heteroatoms. The SMILES string of the molecule is CN1CCN(CCCN(C)C[C@](C)(O)c2cccc(C(F)(F)F)c2)CC1. The minimum atomic E-state index is -4.40. The molecule has 0 aliphatic carbocycles. The predicted molar refractivity (Wildman–Crippen MR) is 97.1 cm³/mol. The summed E-state index contributed by atoms with van der Waals surface area (Å²) in [6.07, 6.45) is -3.43. The van der Waals surface area contributed by atoms with Gasteiger partial charge >= 0.3 is 6.18 Å². The fourth-order valence-corrected chi connectivity index (χ4v) is 3.36. The third-order valence-electron chi connectivity index (χ3n) is 5.00. The summed E-state index contributed by atoms with van der Waals surface area (Å²) < 4.78 is 38.7. The molecule has 0 saturated carbocycles. The molecule has 0 unspecified atom stereocenters. The van der Waals surface area contributed by atoms with Crippen molar-refractivity contribution in [2.75, 3.05) is 59.9 Å². The van der Waals surface area contributed by atoms with Crippen LogP contribution in [0, 0.1) is 0 Å². The van der Waals surface area contributed by atoms with Crippen molar-refractivity contribution in [1.29, 1.82) is 0 Å². The third kappa shape index (κ3) is 6.23. The Balaban J connectivity index is 1.84. The van der Waals surface area contributed by atoms with Crippen LogP contribution < -0.4 is 0 Å². The molecule has 1 N–H and O–H groups in total. The zero-order chi connectivity index (χ0) is 19.4. The normalized spacial score (nSPS) is 19.7. The molecular weight excluding hydrogens is 343 g/mol. The lowest BCUT2D eigenvalue weighted by molar-refractivity contribution is -0.137. The molecular formula is C19H30F3N3O. The van der Waals surface area contributed by atoms with Crippen LogP contribution >= 0.6 is 0 Å². The highest BCUT2D eigenvalue weighted by molar-refractivity contribution is 5.29. The van der Waals surface area contributed by atoms with E-state index in [9.17, 15) is 18.3 Å². The number of hydrogen-bond acceptors (Lipinski definition) is 4. The van der Waals surface area contributed by atoms with Crippen molar-refractivity contribution in [3.63, 3.8) is 0 Å². The van der Waals surface area contributed by atoms with Gasteiger partial charge in [-0.25, -0.2) is 0 Å². The number of nitrogens with zero attached hydrogens (tertiary/aromatic N) is 3. The fourth-order valence-electron chi connectivity index (χ4n) is 3.36. The van der Waals surface area contributed by atoms with Gasteiger partial charge in [0.25, 0.3) is 0 Å². The smallest absolute Gasteiger partial charge is 0.384 e. The van der Waals surface area contributed by atoms with Gasteiger partial charge in [0.1, 0.15) is 0 Å². The Kier molecular flexibility index (Phi) is 7.07. The molecule has 0 amide bonds. The lowest BCUT2D eigenvalue weighted by atomic mass is 9.93. The molecule has 1 saturated heterocycles. The van der Waals surface area contributed by atoms with E-state index in [1.165, 1.54) is 6.07 Å². The van der Waals surface area contributed by atoms with E-state index < -0.39 is 17.3 Å². The Bertz CT molecular complexity index is 569. The maximum atomic E-state index is 12.9. The van der Waals surface area contributed by atoms with E-state index in [0.717, 1.165) is 57.8 Å². The number of benzene rings is 1. The molecule has 1 atom stereocenters. The molecule has 1 aliphatic rings. The highest BCUT2D eigenvalue weighted by atomic mass is 19.4. The highest BCUT2D eigenvalue weighted by Crippen LogP contribution is 2.32. The van der Waals surface area contributed by atoms with E-state index in [4.69, 9.17) is 0 Å². The van der Waals surface area contributed by atoms with Crippen LogP contribution in [-0.4, -0.2) is 79.7 Å². The van der Waals surface area contributed by atoms with Crippen molar-refractivity contribution >= 4 is 0 Å². The maximum absolute atomic E-state index is 12.9. The van der Waals surface area contributed by atoms with Crippen LogP contribution in [0.4, 0.5) is 13.2 Å². The first kappa shape index (κ1) is 21.2. The quantitative estimate of drug-likeness (QED) is 0.795. The first-order chi connectivity index (χ1) is 12.1. The molecule has 2 rings (SSSR count). The van der Waals surface area contributed by atoms with E-state index in [0.29, 0.717) is 5.56 Å². The van der Waals surface area contributed by atoms with Gasteiger partial charge in [0, 0.05) is 32.7 Å². The molecule has 0 spiro atoms. The topological polar surface area (TPSA) is 30.0 Å². The number of alkyl halides is 3. The summed E-state index contributed by atoms with van der Waals surface area (Å²) in [5.41, 5.74) is -1.77. The van der Waals surface area contributed by atoms with E-state index in [2.05, 4.69) is 16.8 Å². The van der Waals surface area contributed by atoms with Crippen molar-refractivity contribution in [3.05, 3.63) is 35.4 Å². The van der Waals surface area contributed by atoms with Gasteiger partial charge in [-0.05, 0) is 58.2 Å². The average Bonchev–Trinajstić information content (AvgIpc) is 2.55. The average molecular weight is 373 g/mol. The minimum absolute atomic E-state index is 0.289. The number of aliphatic hydroxyl groups is 1. The number of halogens is 3. The van der Waals surface area contributed by atoms with Crippen molar-refractivity contribution in [2.24, 2.45) is 0 Å². The molecule has 1 aromatic rings. The van der Waals surface area contributed by atoms with Crippen LogP contribution in [0.2, 0.25) is 0 Å². The molecule has 0 bridgehead atoms.